The maximum atomic E-state index is 10.3. The maximum absolute atomic E-state index is 10.3. The van der Waals surface area contributed by atoms with Crippen molar-refractivity contribution in [3.63, 3.8) is 0 Å². The second kappa shape index (κ2) is 3.02. The van der Waals surface area contributed by atoms with Crippen LogP contribution in [0, 0.1) is 6.92 Å². The lowest BCUT2D eigenvalue weighted by molar-refractivity contribution is -0.146. The van der Waals surface area contributed by atoms with Gasteiger partial charge >= 0.3 is 5.97 Å². The van der Waals surface area contributed by atoms with Crippen LogP contribution in [0.1, 0.15) is 16.5 Å². The quantitative estimate of drug-likeness (QED) is 0.704. The first kappa shape index (κ1) is 8.23. The Balaban J connectivity index is 2.84. The normalized spacial score (nSPS) is 12.9. The first-order valence-electron chi connectivity index (χ1n) is 3.07. The fourth-order valence-electron chi connectivity index (χ4n) is 0.750. The SMILES string of the molecule is Cc1cc(C(O)C(=O)O)cs1. The Morgan fingerprint density at radius 2 is 2.36 bits per heavy atom. The molecule has 0 saturated carbocycles. The first-order valence-corrected chi connectivity index (χ1v) is 3.95. The molecule has 1 aromatic rings. The van der Waals surface area contributed by atoms with Gasteiger partial charge in [0.05, 0.1) is 0 Å². The van der Waals surface area contributed by atoms with Crippen LogP contribution in [0.4, 0.5) is 0 Å². The van der Waals surface area contributed by atoms with E-state index in [1.54, 1.807) is 11.4 Å². The van der Waals surface area contributed by atoms with Crippen molar-refractivity contribution in [1.29, 1.82) is 0 Å². The molecule has 3 nitrogen and oxygen atoms in total. The van der Waals surface area contributed by atoms with Crippen LogP contribution < -0.4 is 0 Å². The Labute approximate surface area is 67.9 Å². The minimum absolute atomic E-state index is 0.458. The highest BCUT2D eigenvalue weighted by Crippen LogP contribution is 2.19. The van der Waals surface area contributed by atoms with Crippen molar-refractivity contribution in [1.82, 2.24) is 0 Å². The number of carbonyl (C=O) groups is 1. The fourth-order valence-corrected chi connectivity index (χ4v) is 1.47. The van der Waals surface area contributed by atoms with Gasteiger partial charge in [-0.2, -0.15) is 0 Å². The molecular weight excluding hydrogens is 164 g/mol. The van der Waals surface area contributed by atoms with Crippen LogP contribution in [0.25, 0.3) is 0 Å². The van der Waals surface area contributed by atoms with E-state index in [0.717, 1.165) is 4.88 Å². The second-order valence-electron chi connectivity index (χ2n) is 2.23. The van der Waals surface area contributed by atoms with Crippen LogP contribution in [0.15, 0.2) is 11.4 Å². The molecule has 0 saturated heterocycles. The maximum Gasteiger partial charge on any atom is 0.337 e. The highest BCUT2D eigenvalue weighted by Gasteiger charge is 2.16. The number of aliphatic hydroxyl groups is 1. The summed E-state index contributed by atoms with van der Waals surface area (Å²) in [5.41, 5.74) is 0.458. The monoisotopic (exact) mass is 172 g/mol. The van der Waals surface area contributed by atoms with Gasteiger partial charge in [0.2, 0.25) is 0 Å². The number of hydrogen-bond acceptors (Lipinski definition) is 3. The fraction of sp³-hybridized carbons (Fsp3) is 0.286. The topological polar surface area (TPSA) is 57.5 Å². The average Bonchev–Trinajstić information content (AvgIpc) is 2.34. The van der Waals surface area contributed by atoms with Crippen molar-refractivity contribution in [2.24, 2.45) is 0 Å². The average molecular weight is 172 g/mol. The van der Waals surface area contributed by atoms with Gasteiger partial charge in [-0.05, 0) is 18.4 Å². The van der Waals surface area contributed by atoms with Gasteiger partial charge in [-0.15, -0.1) is 11.3 Å². The summed E-state index contributed by atoms with van der Waals surface area (Å²) in [7, 11) is 0. The van der Waals surface area contributed by atoms with Crippen LogP contribution in [-0.4, -0.2) is 16.2 Å². The third-order valence-corrected chi connectivity index (χ3v) is 2.18. The summed E-state index contributed by atoms with van der Waals surface area (Å²) in [6.45, 7) is 1.86. The third-order valence-electron chi connectivity index (χ3n) is 1.30. The molecule has 4 heteroatoms. The number of rotatable bonds is 2. The Kier molecular flexibility index (Phi) is 2.26. The van der Waals surface area contributed by atoms with Gasteiger partial charge in [0.1, 0.15) is 0 Å². The molecule has 60 valence electrons. The number of thiophene rings is 1. The Morgan fingerprint density at radius 3 is 2.73 bits per heavy atom. The van der Waals surface area contributed by atoms with Gasteiger partial charge in [-0.1, -0.05) is 0 Å². The molecule has 1 rings (SSSR count). The molecule has 0 radical (unpaired) electrons. The van der Waals surface area contributed by atoms with Crippen LogP contribution in [-0.2, 0) is 4.79 Å². The molecule has 11 heavy (non-hydrogen) atoms. The van der Waals surface area contributed by atoms with Gasteiger partial charge in [-0.25, -0.2) is 4.79 Å². The van der Waals surface area contributed by atoms with E-state index in [1.807, 2.05) is 6.92 Å². The molecule has 0 fully saturated rings. The van der Waals surface area contributed by atoms with Crippen molar-refractivity contribution < 1.29 is 15.0 Å². The van der Waals surface area contributed by atoms with Crippen LogP contribution in [0.5, 0.6) is 0 Å². The second-order valence-corrected chi connectivity index (χ2v) is 3.35. The molecule has 1 aromatic heterocycles. The van der Waals surface area contributed by atoms with Crippen molar-refractivity contribution >= 4 is 17.3 Å². The Hall–Kier alpha value is -0.870. The molecule has 0 spiro atoms. The number of aliphatic hydroxyl groups excluding tert-OH is 1. The Morgan fingerprint density at radius 1 is 1.73 bits per heavy atom. The zero-order valence-electron chi connectivity index (χ0n) is 5.94. The van der Waals surface area contributed by atoms with Crippen molar-refractivity contribution in [2.75, 3.05) is 0 Å². The van der Waals surface area contributed by atoms with E-state index < -0.39 is 12.1 Å². The van der Waals surface area contributed by atoms with E-state index in [2.05, 4.69) is 0 Å². The summed E-state index contributed by atoms with van der Waals surface area (Å²) in [6, 6.07) is 1.67. The Bertz CT molecular complexity index is 266. The van der Waals surface area contributed by atoms with Gasteiger partial charge in [0.15, 0.2) is 6.10 Å². The van der Waals surface area contributed by atoms with Crippen molar-refractivity contribution in [2.45, 2.75) is 13.0 Å². The summed E-state index contributed by atoms with van der Waals surface area (Å²) in [6.07, 6.45) is -1.38. The summed E-state index contributed by atoms with van der Waals surface area (Å²) in [5.74, 6) is -1.21. The van der Waals surface area contributed by atoms with E-state index >= 15 is 0 Å². The van der Waals surface area contributed by atoms with E-state index in [0.29, 0.717) is 5.56 Å². The predicted octanol–water partition coefficient (Wildman–Crippen LogP) is 1.17. The number of carboxylic acid groups (broad SMARTS) is 1. The number of aliphatic carboxylic acids is 1. The molecule has 0 bridgehead atoms. The van der Waals surface area contributed by atoms with Gasteiger partial charge in [-0.3, -0.25) is 0 Å². The smallest absolute Gasteiger partial charge is 0.337 e. The molecule has 0 aromatic carbocycles. The summed E-state index contributed by atoms with van der Waals surface area (Å²) in [5, 5.41) is 19.1. The lowest BCUT2D eigenvalue weighted by atomic mass is 10.2. The lowest BCUT2D eigenvalue weighted by Crippen LogP contribution is -2.08. The van der Waals surface area contributed by atoms with Crippen LogP contribution in [0.2, 0.25) is 0 Å². The molecule has 2 N–H and O–H groups in total. The standard InChI is InChI=1S/C7H8O3S/c1-4-2-5(3-11-4)6(8)7(9)10/h2-3,6,8H,1H3,(H,9,10). The van der Waals surface area contributed by atoms with E-state index in [9.17, 15) is 4.79 Å². The molecule has 1 atom stereocenters. The van der Waals surface area contributed by atoms with E-state index in [4.69, 9.17) is 10.2 Å². The first-order chi connectivity index (χ1) is 5.11. The van der Waals surface area contributed by atoms with E-state index in [1.165, 1.54) is 11.3 Å². The largest absolute Gasteiger partial charge is 0.479 e. The van der Waals surface area contributed by atoms with Crippen LogP contribution in [0.3, 0.4) is 0 Å². The number of carboxylic acids is 1. The van der Waals surface area contributed by atoms with E-state index in [-0.39, 0.29) is 0 Å². The highest BCUT2D eigenvalue weighted by molar-refractivity contribution is 7.10. The van der Waals surface area contributed by atoms with Crippen molar-refractivity contribution in [3.05, 3.63) is 21.9 Å². The molecule has 1 unspecified atom stereocenters. The van der Waals surface area contributed by atoms with Gasteiger partial charge in [0.25, 0.3) is 0 Å². The van der Waals surface area contributed by atoms with Gasteiger partial charge < -0.3 is 10.2 Å². The molecule has 0 aliphatic heterocycles. The predicted molar refractivity (Wildman–Crippen MR) is 41.7 cm³/mol. The van der Waals surface area contributed by atoms with Crippen LogP contribution >= 0.6 is 11.3 Å². The lowest BCUT2D eigenvalue weighted by Gasteiger charge is -1.99. The number of aryl methyl sites for hydroxylation is 1. The highest BCUT2D eigenvalue weighted by atomic mass is 32.1. The summed E-state index contributed by atoms with van der Waals surface area (Å²) < 4.78 is 0. The molecule has 0 aliphatic carbocycles. The van der Waals surface area contributed by atoms with Gasteiger partial charge in [0, 0.05) is 10.4 Å². The molecular formula is C7H8O3S. The number of hydrogen-bond donors (Lipinski definition) is 2. The third kappa shape index (κ3) is 1.78. The zero-order chi connectivity index (χ0) is 8.43. The summed E-state index contributed by atoms with van der Waals surface area (Å²) in [4.78, 5) is 11.3. The zero-order valence-corrected chi connectivity index (χ0v) is 6.76. The minimum Gasteiger partial charge on any atom is -0.479 e. The molecule has 0 amide bonds. The van der Waals surface area contributed by atoms with Crippen molar-refractivity contribution in [3.8, 4) is 0 Å². The molecule has 0 aliphatic rings. The molecule has 1 heterocycles. The minimum atomic E-state index is -1.38. The summed E-state index contributed by atoms with van der Waals surface area (Å²) >= 11 is 1.43.